The molecule has 1 fully saturated rings. The lowest BCUT2D eigenvalue weighted by molar-refractivity contribution is -0.000260. The molecule has 1 aliphatic heterocycles. The first-order valence-corrected chi connectivity index (χ1v) is 4.50. The monoisotopic (exact) mass is 179 g/mol. The van der Waals surface area contributed by atoms with Crippen LogP contribution in [0.15, 0.2) is 18.7 Å². The van der Waals surface area contributed by atoms with Gasteiger partial charge in [0, 0.05) is 30.6 Å². The van der Waals surface area contributed by atoms with Crippen LogP contribution in [0.2, 0.25) is 0 Å². The molecule has 70 valence electrons. The summed E-state index contributed by atoms with van der Waals surface area (Å²) in [5, 5.41) is 0. The fraction of sp³-hybridized carbons (Fsp3) is 0.556. The SMILES string of the molecule is NC1CCCOC1c1cncnc1. The van der Waals surface area contributed by atoms with Crippen LogP contribution in [0.4, 0.5) is 0 Å². The van der Waals surface area contributed by atoms with E-state index in [-0.39, 0.29) is 12.1 Å². The summed E-state index contributed by atoms with van der Waals surface area (Å²) in [6.45, 7) is 0.785. The Hall–Kier alpha value is -1.00. The van der Waals surface area contributed by atoms with Crippen molar-refractivity contribution in [3.8, 4) is 0 Å². The third kappa shape index (κ3) is 1.84. The number of ether oxygens (including phenoxy) is 1. The predicted molar refractivity (Wildman–Crippen MR) is 47.9 cm³/mol. The Morgan fingerprint density at radius 1 is 1.38 bits per heavy atom. The first-order chi connectivity index (χ1) is 6.38. The molecule has 1 aromatic rings. The van der Waals surface area contributed by atoms with Crippen LogP contribution in [-0.4, -0.2) is 22.6 Å². The van der Waals surface area contributed by atoms with Gasteiger partial charge in [0.15, 0.2) is 0 Å². The van der Waals surface area contributed by atoms with Crippen molar-refractivity contribution in [2.75, 3.05) is 6.61 Å². The molecule has 1 aromatic heterocycles. The fourth-order valence-corrected chi connectivity index (χ4v) is 1.61. The summed E-state index contributed by atoms with van der Waals surface area (Å²) in [6, 6.07) is 0.0831. The van der Waals surface area contributed by atoms with Crippen molar-refractivity contribution in [3.05, 3.63) is 24.3 Å². The van der Waals surface area contributed by atoms with E-state index in [2.05, 4.69) is 9.97 Å². The van der Waals surface area contributed by atoms with Gasteiger partial charge in [-0.3, -0.25) is 0 Å². The molecular weight excluding hydrogens is 166 g/mol. The molecule has 4 heteroatoms. The number of nitrogens with two attached hydrogens (primary N) is 1. The molecule has 0 aromatic carbocycles. The van der Waals surface area contributed by atoms with Gasteiger partial charge in [-0.1, -0.05) is 0 Å². The van der Waals surface area contributed by atoms with E-state index in [1.54, 1.807) is 12.4 Å². The average molecular weight is 179 g/mol. The maximum Gasteiger partial charge on any atom is 0.115 e. The van der Waals surface area contributed by atoms with E-state index >= 15 is 0 Å². The molecule has 0 radical (unpaired) electrons. The normalized spacial score (nSPS) is 28.7. The molecule has 2 rings (SSSR count). The summed E-state index contributed by atoms with van der Waals surface area (Å²) in [5.41, 5.74) is 6.91. The van der Waals surface area contributed by atoms with Gasteiger partial charge in [-0.2, -0.15) is 0 Å². The van der Waals surface area contributed by atoms with Crippen LogP contribution >= 0.6 is 0 Å². The second-order valence-corrected chi connectivity index (χ2v) is 3.27. The summed E-state index contributed by atoms with van der Waals surface area (Å²) in [4.78, 5) is 7.90. The van der Waals surface area contributed by atoms with Gasteiger partial charge >= 0.3 is 0 Å². The zero-order valence-corrected chi connectivity index (χ0v) is 7.39. The van der Waals surface area contributed by atoms with Crippen molar-refractivity contribution in [2.45, 2.75) is 25.0 Å². The first-order valence-electron chi connectivity index (χ1n) is 4.50. The molecular formula is C9H13N3O. The number of rotatable bonds is 1. The van der Waals surface area contributed by atoms with E-state index in [9.17, 15) is 0 Å². The Morgan fingerprint density at radius 3 is 2.85 bits per heavy atom. The molecule has 0 saturated carbocycles. The molecule has 0 spiro atoms. The van der Waals surface area contributed by atoms with Gasteiger partial charge in [0.05, 0.1) is 0 Å². The maximum absolute atomic E-state index is 5.93. The number of aromatic nitrogens is 2. The predicted octanol–water partition coefficient (Wildman–Crippen LogP) is 0.655. The molecule has 2 heterocycles. The third-order valence-corrected chi connectivity index (χ3v) is 2.28. The van der Waals surface area contributed by atoms with Crippen LogP contribution in [0.5, 0.6) is 0 Å². The Bertz CT molecular complexity index is 265. The first kappa shape index (κ1) is 8.59. The summed E-state index contributed by atoms with van der Waals surface area (Å²) >= 11 is 0. The lowest BCUT2D eigenvalue weighted by atomic mass is 9.99. The molecule has 2 N–H and O–H groups in total. The molecule has 1 aliphatic rings. The molecule has 0 aliphatic carbocycles. The lowest BCUT2D eigenvalue weighted by Crippen LogP contribution is -2.34. The van der Waals surface area contributed by atoms with Gasteiger partial charge in [-0.05, 0) is 12.8 Å². The van der Waals surface area contributed by atoms with Gasteiger partial charge in [0.25, 0.3) is 0 Å². The van der Waals surface area contributed by atoms with Crippen LogP contribution in [-0.2, 0) is 4.74 Å². The van der Waals surface area contributed by atoms with Crippen molar-refractivity contribution < 1.29 is 4.74 Å². The Morgan fingerprint density at radius 2 is 2.15 bits per heavy atom. The Balaban J connectivity index is 2.15. The van der Waals surface area contributed by atoms with E-state index in [4.69, 9.17) is 10.5 Å². The van der Waals surface area contributed by atoms with E-state index in [1.807, 2.05) is 0 Å². The average Bonchev–Trinajstić information content (AvgIpc) is 2.20. The van der Waals surface area contributed by atoms with Gasteiger partial charge in [0.1, 0.15) is 12.4 Å². The second-order valence-electron chi connectivity index (χ2n) is 3.27. The van der Waals surface area contributed by atoms with Crippen molar-refractivity contribution in [1.82, 2.24) is 9.97 Å². The van der Waals surface area contributed by atoms with Crippen molar-refractivity contribution in [1.29, 1.82) is 0 Å². The van der Waals surface area contributed by atoms with Gasteiger partial charge in [-0.15, -0.1) is 0 Å². The summed E-state index contributed by atoms with van der Waals surface area (Å²) in [6.07, 6.45) is 7.09. The van der Waals surface area contributed by atoms with E-state index < -0.39 is 0 Å². The second kappa shape index (κ2) is 3.81. The highest BCUT2D eigenvalue weighted by Crippen LogP contribution is 2.25. The third-order valence-electron chi connectivity index (χ3n) is 2.28. The standard InChI is InChI=1S/C9H13N3O/c10-8-2-1-3-13-9(8)7-4-11-6-12-5-7/h4-6,8-9H,1-3,10H2. The van der Waals surface area contributed by atoms with Crippen molar-refractivity contribution in [2.24, 2.45) is 5.73 Å². The highest BCUT2D eigenvalue weighted by Gasteiger charge is 2.24. The van der Waals surface area contributed by atoms with E-state index in [0.29, 0.717) is 0 Å². The molecule has 13 heavy (non-hydrogen) atoms. The number of hydrogen-bond donors (Lipinski definition) is 1. The van der Waals surface area contributed by atoms with Crippen LogP contribution in [0.1, 0.15) is 24.5 Å². The zero-order valence-electron chi connectivity index (χ0n) is 7.39. The smallest absolute Gasteiger partial charge is 0.115 e. The Kier molecular flexibility index (Phi) is 2.52. The largest absolute Gasteiger partial charge is 0.372 e. The molecule has 0 amide bonds. The van der Waals surface area contributed by atoms with Crippen LogP contribution in [0, 0.1) is 0 Å². The highest BCUT2D eigenvalue weighted by atomic mass is 16.5. The van der Waals surface area contributed by atoms with Crippen LogP contribution in [0.3, 0.4) is 0 Å². The van der Waals surface area contributed by atoms with Gasteiger partial charge < -0.3 is 10.5 Å². The van der Waals surface area contributed by atoms with E-state index in [0.717, 1.165) is 25.0 Å². The molecule has 2 unspecified atom stereocenters. The van der Waals surface area contributed by atoms with Gasteiger partial charge in [-0.25, -0.2) is 9.97 Å². The minimum absolute atomic E-state index is 0.0186. The summed E-state index contributed by atoms with van der Waals surface area (Å²) < 4.78 is 5.57. The lowest BCUT2D eigenvalue weighted by Gasteiger charge is -2.28. The van der Waals surface area contributed by atoms with Gasteiger partial charge in [0.2, 0.25) is 0 Å². The quantitative estimate of drug-likeness (QED) is 0.687. The highest BCUT2D eigenvalue weighted by molar-refractivity contribution is 5.10. The van der Waals surface area contributed by atoms with Crippen LogP contribution in [0.25, 0.3) is 0 Å². The molecule has 2 atom stereocenters. The number of nitrogens with zero attached hydrogens (tertiary/aromatic N) is 2. The Labute approximate surface area is 77.1 Å². The van der Waals surface area contributed by atoms with Crippen molar-refractivity contribution >= 4 is 0 Å². The molecule has 1 saturated heterocycles. The molecule has 0 bridgehead atoms. The summed E-state index contributed by atoms with van der Waals surface area (Å²) in [5.74, 6) is 0. The zero-order chi connectivity index (χ0) is 9.10. The number of hydrogen-bond acceptors (Lipinski definition) is 4. The minimum Gasteiger partial charge on any atom is -0.372 e. The molecule has 4 nitrogen and oxygen atoms in total. The van der Waals surface area contributed by atoms with Crippen molar-refractivity contribution in [3.63, 3.8) is 0 Å². The minimum atomic E-state index is -0.0186. The summed E-state index contributed by atoms with van der Waals surface area (Å²) in [7, 11) is 0. The maximum atomic E-state index is 5.93. The topological polar surface area (TPSA) is 61.0 Å². The van der Waals surface area contributed by atoms with E-state index in [1.165, 1.54) is 6.33 Å². The van der Waals surface area contributed by atoms with Crippen LogP contribution < -0.4 is 5.73 Å². The fourth-order valence-electron chi connectivity index (χ4n) is 1.61.